The molecule has 0 radical (unpaired) electrons. The molecule has 8 nitrogen and oxygen atoms in total. The fourth-order valence-corrected chi connectivity index (χ4v) is 2.99. The number of hydrogen-bond acceptors (Lipinski definition) is 7. The molecule has 2 heterocycles. The summed E-state index contributed by atoms with van der Waals surface area (Å²) in [6.07, 6.45) is 1.37. The van der Waals surface area contributed by atoms with Crippen LogP contribution in [0.25, 0.3) is 11.1 Å². The van der Waals surface area contributed by atoms with Crippen LogP contribution in [0.1, 0.15) is 5.56 Å². The van der Waals surface area contributed by atoms with Crippen molar-refractivity contribution in [1.29, 1.82) is 0 Å². The summed E-state index contributed by atoms with van der Waals surface area (Å²) < 4.78 is 51.7. The Morgan fingerprint density at radius 1 is 1.23 bits per heavy atom. The van der Waals surface area contributed by atoms with E-state index in [0.29, 0.717) is 27.3 Å². The van der Waals surface area contributed by atoms with E-state index >= 15 is 0 Å². The lowest BCUT2D eigenvalue weighted by Crippen LogP contribution is -2.26. The van der Waals surface area contributed by atoms with Gasteiger partial charge in [-0.2, -0.15) is 13.8 Å². The van der Waals surface area contributed by atoms with Crippen molar-refractivity contribution in [2.45, 2.75) is 13.5 Å². The molecule has 2 aromatic heterocycles. The summed E-state index contributed by atoms with van der Waals surface area (Å²) in [7, 11) is 1.29. The average molecular weight is 431 g/mol. The van der Waals surface area contributed by atoms with Crippen LogP contribution in [0, 0.1) is 12.7 Å². The van der Waals surface area contributed by atoms with Gasteiger partial charge < -0.3 is 14.5 Å². The predicted octanol–water partition coefficient (Wildman–Crippen LogP) is 4.47. The Balaban J connectivity index is 1.74. The zero-order valence-electron chi connectivity index (χ0n) is 16.3. The number of aromatic nitrogens is 3. The van der Waals surface area contributed by atoms with Gasteiger partial charge in [-0.3, -0.25) is 4.98 Å². The number of alkyl halides is 2. The molecular formula is C20H16F3N5O3. The maximum absolute atomic E-state index is 14.0. The smallest absolute Gasteiger partial charge is 0.417 e. The number of aromatic amines is 1. The highest BCUT2D eigenvalue weighted by molar-refractivity contribution is 5.78. The summed E-state index contributed by atoms with van der Waals surface area (Å²) in [5, 5.41) is 3.01. The molecule has 31 heavy (non-hydrogen) atoms. The molecule has 0 aliphatic rings. The molecule has 4 rings (SSSR count). The molecule has 0 aliphatic heterocycles. The minimum Gasteiger partial charge on any atom is -0.495 e. The van der Waals surface area contributed by atoms with Gasteiger partial charge in [0.2, 0.25) is 5.95 Å². The van der Waals surface area contributed by atoms with Gasteiger partial charge in [-0.15, -0.1) is 0 Å². The molecule has 0 unspecified atom stereocenters. The SMILES string of the molecule is COc1ccc(F)cc1N(c1ncc(C)c(Nc2ccc3oc(=O)[nH]c3c2)n1)C(F)F. The Bertz CT molecular complexity index is 1300. The van der Waals surface area contributed by atoms with Gasteiger partial charge in [0.25, 0.3) is 0 Å². The van der Waals surface area contributed by atoms with E-state index in [1.54, 1.807) is 25.1 Å². The highest BCUT2D eigenvalue weighted by atomic mass is 19.3. The number of oxazole rings is 1. The Morgan fingerprint density at radius 2 is 2.03 bits per heavy atom. The summed E-state index contributed by atoms with van der Waals surface area (Å²) >= 11 is 0. The zero-order valence-corrected chi connectivity index (χ0v) is 16.3. The number of nitrogens with one attached hydrogen (secondary N) is 2. The lowest BCUT2D eigenvalue weighted by Gasteiger charge is -2.24. The van der Waals surface area contributed by atoms with Crippen molar-refractivity contribution in [2.75, 3.05) is 17.3 Å². The van der Waals surface area contributed by atoms with Gasteiger partial charge in [0.1, 0.15) is 17.4 Å². The number of nitrogens with zero attached hydrogens (tertiary/aromatic N) is 3. The molecule has 0 saturated heterocycles. The first-order valence-corrected chi connectivity index (χ1v) is 9.00. The number of H-pyrrole nitrogens is 1. The van der Waals surface area contributed by atoms with E-state index < -0.39 is 18.1 Å². The van der Waals surface area contributed by atoms with Gasteiger partial charge in [-0.25, -0.2) is 19.1 Å². The summed E-state index contributed by atoms with van der Waals surface area (Å²) in [4.78, 5) is 22.5. The molecule has 2 aromatic carbocycles. The van der Waals surface area contributed by atoms with E-state index in [1.165, 1.54) is 19.4 Å². The van der Waals surface area contributed by atoms with Crippen LogP contribution >= 0.6 is 0 Å². The third kappa shape index (κ3) is 4.02. The van der Waals surface area contributed by atoms with E-state index in [9.17, 15) is 18.0 Å². The van der Waals surface area contributed by atoms with Crippen molar-refractivity contribution >= 4 is 34.2 Å². The van der Waals surface area contributed by atoms with E-state index in [1.807, 2.05) is 0 Å². The van der Waals surface area contributed by atoms with Crippen LogP contribution in [0.4, 0.5) is 36.3 Å². The van der Waals surface area contributed by atoms with Crippen LogP contribution in [-0.4, -0.2) is 28.6 Å². The number of benzene rings is 2. The number of hydrogen-bond donors (Lipinski definition) is 2. The third-order valence-electron chi connectivity index (χ3n) is 4.45. The Hall–Kier alpha value is -4.02. The van der Waals surface area contributed by atoms with Crippen molar-refractivity contribution in [3.63, 3.8) is 0 Å². The number of rotatable bonds is 6. The minimum absolute atomic E-state index is 0.0368. The topological polar surface area (TPSA) is 96.3 Å². The van der Waals surface area contributed by atoms with E-state index in [-0.39, 0.29) is 23.2 Å². The van der Waals surface area contributed by atoms with Gasteiger partial charge >= 0.3 is 12.3 Å². The Morgan fingerprint density at radius 3 is 2.77 bits per heavy atom. The molecule has 11 heteroatoms. The fraction of sp³-hybridized carbons (Fsp3) is 0.150. The molecule has 0 saturated carbocycles. The van der Waals surface area contributed by atoms with Crippen LogP contribution < -0.4 is 20.7 Å². The molecule has 4 aromatic rings. The van der Waals surface area contributed by atoms with Gasteiger partial charge in [-0.05, 0) is 37.3 Å². The van der Waals surface area contributed by atoms with Crippen molar-refractivity contribution in [2.24, 2.45) is 0 Å². The van der Waals surface area contributed by atoms with Gasteiger partial charge in [0.15, 0.2) is 5.58 Å². The highest BCUT2D eigenvalue weighted by Crippen LogP contribution is 2.36. The first kappa shape index (κ1) is 20.3. The lowest BCUT2D eigenvalue weighted by atomic mass is 10.2. The van der Waals surface area contributed by atoms with Gasteiger partial charge in [0, 0.05) is 23.5 Å². The normalized spacial score (nSPS) is 11.2. The second kappa shape index (κ2) is 8.01. The van der Waals surface area contributed by atoms with Crippen molar-refractivity contribution in [1.82, 2.24) is 15.0 Å². The molecule has 2 N–H and O–H groups in total. The zero-order chi connectivity index (χ0) is 22.1. The van der Waals surface area contributed by atoms with Crippen molar-refractivity contribution in [3.05, 3.63) is 64.5 Å². The van der Waals surface area contributed by atoms with E-state index in [4.69, 9.17) is 9.15 Å². The maximum atomic E-state index is 14.0. The third-order valence-corrected chi connectivity index (χ3v) is 4.45. The molecular weight excluding hydrogens is 415 g/mol. The minimum atomic E-state index is -3.07. The van der Waals surface area contributed by atoms with Crippen LogP contribution in [0.15, 0.2) is 51.8 Å². The number of halogens is 3. The quantitative estimate of drug-likeness (QED) is 0.435. The molecule has 0 atom stereocenters. The van der Waals surface area contributed by atoms with Crippen LogP contribution in [0.2, 0.25) is 0 Å². The number of anilines is 4. The lowest BCUT2D eigenvalue weighted by molar-refractivity contribution is 0.153. The number of fused-ring (bicyclic) bond motifs is 1. The Kier molecular flexibility index (Phi) is 5.24. The summed E-state index contributed by atoms with van der Waals surface area (Å²) in [6.45, 7) is -1.38. The van der Waals surface area contributed by atoms with E-state index in [2.05, 4.69) is 20.3 Å². The van der Waals surface area contributed by atoms with Crippen LogP contribution in [-0.2, 0) is 0 Å². The molecule has 0 aliphatic carbocycles. The fourth-order valence-electron chi connectivity index (χ4n) is 2.99. The van der Waals surface area contributed by atoms with Gasteiger partial charge in [0.05, 0.1) is 18.3 Å². The maximum Gasteiger partial charge on any atom is 0.417 e. The molecule has 0 fully saturated rings. The number of ether oxygens (including phenoxy) is 1. The van der Waals surface area contributed by atoms with Crippen LogP contribution in [0.3, 0.4) is 0 Å². The summed E-state index contributed by atoms with van der Waals surface area (Å²) in [6, 6.07) is 8.10. The van der Waals surface area contributed by atoms with Gasteiger partial charge in [-0.1, -0.05) is 0 Å². The van der Waals surface area contributed by atoms with Crippen molar-refractivity contribution in [3.8, 4) is 5.75 Å². The first-order chi connectivity index (χ1) is 14.9. The second-order valence-electron chi connectivity index (χ2n) is 6.52. The monoisotopic (exact) mass is 431 g/mol. The number of aryl methyl sites for hydroxylation is 1. The standard InChI is InChI=1S/C20H16F3N5O3/c1-10-9-24-19(28(18(22)23)14-7-11(21)3-5-16(14)30-2)27-17(10)25-12-4-6-15-13(8-12)26-20(29)31-15/h3-9,18H,1-2H3,(H,26,29)(H,24,25,27). The molecule has 0 spiro atoms. The first-order valence-electron chi connectivity index (χ1n) is 9.00. The number of methoxy groups -OCH3 is 1. The predicted molar refractivity (Wildman–Crippen MR) is 108 cm³/mol. The summed E-state index contributed by atoms with van der Waals surface area (Å²) in [5.41, 5.74) is 1.72. The molecule has 160 valence electrons. The van der Waals surface area contributed by atoms with Crippen LogP contribution in [0.5, 0.6) is 5.75 Å². The highest BCUT2D eigenvalue weighted by Gasteiger charge is 2.26. The molecule has 0 amide bonds. The largest absolute Gasteiger partial charge is 0.495 e. The Labute approximate surface area is 173 Å². The average Bonchev–Trinajstić information content (AvgIpc) is 3.10. The molecule has 0 bridgehead atoms. The van der Waals surface area contributed by atoms with E-state index in [0.717, 1.165) is 12.1 Å². The summed E-state index contributed by atoms with van der Waals surface area (Å²) in [5.74, 6) is -1.38. The van der Waals surface area contributed by atoms with Crippen molar-refractivity contribution < 1.29 is 22.3 Å². The second-order valence-corrected chi connectivity index (χ2v) is 6.52.